The number of nitrogens with one attached hydrogen (secondary N) is 1. The Hall–Kier alpha value is -0.130. The van der Waals surface area contributed by atoms with E-state index in [1.807, 2.05) is 0 Å². The Balaban J connectivity index is 4.21. The van der Waals surface area contributed by atoms with Gasteiger partial charge in [0.1, 0.15) is 0 Å². The molecule has 0 aliphatic heterocycles. The van der Waals surface area contributed by atoms with E-state index in [9.17, 15) is 8.42 Å². The van der Waals surface area contributed by atoms with Gasteiger partial charge >= 0.3 is 0 Å². The molecule has 0 heterocycles. The lowest BCUT2D eigenvalue weighted by Crippen LogP contribution is -2.45. The van der Waals surface area contributed by atoms with Gasteiger partial charge in [0.05, 0.1) is 11.4 Å². The first-order chi connectivity index (χ1) is 5.70. The van der Waals surface area contributed by atoms with Crippen molar-refractivity contribution in [1.29, 1.82) is 0 Å². The molecule has 80 valence electrons. The summed E-state index contributed by atoms with van der Waals surface area (Å²) >= 11 is 0. The van der Waals surface area contributed by atoms with Crippen molar-refractivity contribution in [2.75, 3.05) is 19.4 Å². The van der Waals surface area contributed by atoms with Crippen molar-refractivity contribution in [3.63, 3.8) is 0 Å². The van der Waals surface area contributed by atoms with Gasteiger partial charge in [0.25, 0.3) is 0 Å². The maximum absolute atomic E-state index is 11.3. The van der Waals surface area contributed by atoms with Crippen molar-refractivity contribution >= 4 is 9.84 Å². The zero-order valence-corrected chi connectivity index (χ0v) is 9.48. The summed E-state index contributed by atoms with van der Waals surface area (Å²) in [5, 5.41) is 11.7. The molecule has 0 aromatic rings. The highest BCUT2D eigenvalue weighted by Crippen LogP contribution is 2.13. The summed E-state index contributed by atoms with van der Waals surface area (Å²) in [5.74, 6) is 0. The second-order valence-electron chi connectivity index (χ2n) is 4.00. The molecule has 0 bridgehead atoms. The van der Waals surface area contributed by atoms with Crippen LogP contribution in [-0.2, 0) is 9.84 Å². The quantitative estimate of drug-likeness (QED) is 0.657. The van der Waals surface area contributed by atoms with Crippen molar-refractivity contribution < 1.29 is 13.5 Å². The molecule has 0 amide bonds. The number of hydrogen-bond acceptors (Lipinski definition) is 4. The molecule has 4 nitrogen and oxygen atoms in total. The van der Waals surface area contributed by atoms with Crippen molar-refractivity contribution in [3.05, 3.63) is 0 Å². The standard InChI is InChI=1S/C8H19NO3S/c1-7(5-10)9-6-8(2,3)13(4,11)12/h7,9-10H,5-6H2,1-4H3. The zero-order chi connectivity index (χ0) is 10.7. The Bertz CT molecular complexity index is 246. The first-order valence-corrected chi connectivity index (χ1v) is 6.13. The van der Waals surface area contributed by atoms with Crippen LogP contribution in [0.25, 0.3) is 0 Å². The first-order valence-electron chi connectivity index (χ1n) is 4.24. The lowest BCUT2D eigenvalue weighted by atomic mass is 10.2. The van der Waals surface area contributed by atoms with Crippen molar-refractivity contribution in [1.82, 2.24) is 5.32 Å². The van der Waals surface area contributed by atoms with Crippen molar-refractivity contribution in [2.45, 2.75) is 31.6 Å². The third kappa shape index (κ3) is 4.06. The molecular formula is C8H19NO3S. The monoisotopic (exact) mass is 209 g/mol. The molecule has 0 spiro atoms. The van der Waals surface area contributed by atoms with E-state index >= 15 is 0 Å². The highest BCUT2D eigenvalue weighted by atomic mass is 32.2. The molecular weight excluding hydrogens is 190 g/mol. The first kappa shape index (κ1) is 12.9. The van der Waals surface area contributed by atoms with Crippen LogP contribution >= 0.6 is 0 Å². The number of aliphatic hydroxyl groups is 1. The molecule has 2 N–H and O–H groups in total. The van der Waals surface area contributed by atoms with Gasteiger partial charge in [-0.2, -0.15) is 0 Å². The molecule has 0 saturated carbocycles. The van der Waals surface area contributed by atoms with Crippen LogP contribution in [0.1, 0.15) is 20.8 Å². The van der Waals surface area contributed by atoms with Gasteiger partial charge < -0.3 is 10.4 Å². The minimum Gasteiger partial charge on any atom is -0.395 e. The Labute approximate surface area is 80.3 Å². The molecule has 0 saturated heterocycles. The van der Waals surface area contributed by atoms with Crippen LogP contribution in [0.15, 0.2) is 0 Å². The molecule has 0 aliphatic carbocycles. The number of sulfone groups is 1. The lowest BCUT2D eigenvalue weighted by molar-refractivity contribution is 0.249. The van der Waals surface area contributed by atoms with Crippen LogP contribution in [0.4, 0.5) is 0 Å². The van der Waals surface area contributed by atoms with E-state index in [-0.39, 0.29) is 12.6 Å². The summed E-state index contributed by atoms with van der Waals surface area (Å²) in [6.45, 7) is 5.50. The topological polar surface area (TPSA) is 66.4 Å². The highest BCUT2D eigenvalue weighted by molar-refractivity contribution is 7.92. The van der Waals surface area contributed by atoms with E-state index < -0.39 is 14.6 Å². The molecule has 0 aromatic carbocycles. The second-order valence-corrected chi connectivity index (χ2v) is 6.65. The average molecular weight is 209 g/mol. The van der Waals surface area contributed by atoms with Crippen LogP contribution < -0.4 is 5.32 Å². The van der Waals surface area contributed by atoms with Gasteiger partial charge in [0, 0.05) is 18.8 Å². The van der Waals surface area contributed by atoms with Crippen LogP contribution in [0.2, 0.25) is 0 Å². The Morgan fingerprint density at radius 1 is 1.46 bits per heavy atom. The molecule has 1 unspecified atom stereocenters. The van der Waals surface area contributed by atoms with E-state index in [0.717, 1.165) is 0 Å². The minimum atomic E-state index is -3.05. The van der Waals surface area contributed by atoms with Gasteiger partial charge in [-0.05, 0) is 20.8 Å². The van der Waals surface area contributed by atoms with E-state index in [2.05, 4.69) is 5.32 Å². The number of rotatable bonds is 5. The molecule has 0 radical (unpaired) electrons. The van der Waals surface area contributed by atoms with Crippen LogP contribution in [-0.4, -0.2) is 43.7 Å². The summed E-state index contributed by atoms with van der Waals surface area (Å²) in [5.41, 5.74) is 0. The lowest BCUT2D eigenvalue weighted by Gasteiger charge is -2.24. The average Bonchev–Trinajstić information content (AvgIpc) is 1.98. The van der Waals surface area contributed by atoms with Gasteiger partial charge in [-0.1, -0.05) is 0 Å². The summed E-state index contributed by atoms with van der Waals surface area (Å²) in [7, 11) is -3.05. The SMILES string of the molecule is CC(CO)NCC(C)(C)S(C)(=O)=O. The fourth-order valence-electron chi connectivity index (χ4n) is 0.616. The fourth-order valence-corrected chi connectivity index (χ4v) is 0.961. The fraction of sp³-hybridized carbons (Fsp3) is 1.00. The highest BCUT2D eigenvalue weighted by Gasteiger charge is 2.29. The summed E-state index contributed by atoms with van der Waals surface area (Å²) in [6, 6.07) is -0.0685. The van der Waals surface area contributed by atoms with Gasteiger partial charge in [0.2, 0.25) is 0 Å². The number of hydrogen-bond donors (Lipinski definition) is 2. The molecule has 0 fully saturated rings. The van der Waals surface area contributed by atoms with Gasteiger partial charge in [-0.25, -0.2) is 8.42 Å². The predicted molar refractivity (Wildman–Crippen MR) is 53.5 cm³/mol. The van der Waals surface area contributed by atoms with Crippen molar-refractivity contribution in [2.24, 2.45) is 0 Å². The van der Waals surface area contributed by atoms with Crippen LogP contribution in [0.5, 0.6) is 0 Å². The summed E-state index contributed by atoms with van der Waals surface area (Å²) < 4.78 is 21.7. The summed E-state index contributed by atoms with van der Waals surface area (Å²) in [4.78, 5) is 0. The maximum Gasteiger partial charge on any atom is 0.153 e. The van der Waals surface area contributed by atoms with E-state index in [0.29, 0.717) is 6.54 Å². The molecule has 0 aromatic heterocycles. The van der Waals surface area contributed by atoms with Gasteiger partial charge in [-0.3, -0.25) is 0 Å². The van der Waals surface area contributed by atoms with Crippen LogP contribution in [0.3, 0.4) is 0 Å². The van der Waals surface area contributed by atoms with E-state index in [1.54, 1.807) is 20.8 Å². The maximum atomic E-state index is 11.3. The molecule has 0 aliphatic rings. The van der Waals surface area contributed by atoms with E-state index in [4.69, 9.17) is 5.11 Å². The Kier molecular flexibility index (Phi) is 4.35. The zero-order valence-electron chi connectivity index (χ0n) is 8.66. The second kappa shape index (κ2) is 4.39. The largest absolute Gasteiger partial charge is 0.395 e. The molecule has 0 rings (SSSR count). The third-order valence-corrected chi connectivity index (χ3v) is 4.31. The predicted octanol–water partition coefficient (Wildman–Crippen LogP) is -0.220. The van der Waals surface area contributed by atoms with Gasteiger partial charge in [-0.15, -0.1) is 0 Å². The Morgan fingerprint density at radius 2 is 1.92 bits per heavy atom. The normalized spacial score (nSPS) is 15.8. The van der Waals surface area contributed by atoms with Crippen molar-refractivity contribution in [3.8, 4) is 0 Å². The third-order valence-electron chi connectivity index (χ3n) is 2.15. The smallest absolute Gasteiger partial charge is 0.153 e. The molecule has 13 heavy (non-hydrogen) atoms. The Morgan fingerprint density at radius 3 is 2.23 bits per heavy atom. The van der Waals surface area contributed by atoms with Crippen LogP contribution in [0, 0.1) is 0 Å². The van der Waals surface area contributed by atoms with E-state index in [1.165, 1.54) is 6.26 Å². The summed E-state index contributed by atoms with van der Waals surface area (Å²) in [6.07, 6.45) is 1.22. The number of aliphatic hydroxyl groups excluding tert-OH is 1. The minimum absolute atomic E-state index is 0.0137. The molecule has 5 heteroatoms. The van der Waals surface area contributed by atoms with Gasteiger partial charge in [0.15, 0.2) is 9.84 Å². The molecule has 1 atom stereocenters.